The standard InChI is InChI=1S/C16H16N6O3S/c1-9(13(23)20-15(25)17-2)26-16-19-12-11(14(24)21-16)8-18-22(12)10-6-4-3-5-7-10/h3-9H,1-2H3,(H,19,21,24)(H2,17,20,23,25)/t9-/m1/s1. The van der Waals surface area contributed by atoms with Crippen molar-refractivity contribution < 1.29 is 9.59 Å². The number of fused-ring (bicyclic) bond motifs is 1. The van der Waals surface area contributed by atoms with Gasteiger partial charge in [0.05, 0.1) is 17.1 Å². The molecule has 3 amide bonds. The maximum absolute atomic E-state index is 12.3. The summed E-state index contributed by atoms with van der Waals surface area (Å²) in [5, 5.41) is 8.69. The molecule has 0 saturated heterocycles. The van der Waals surface area contributed by atoms with Gasteiger partial charge in [-0.2, -0.15) is 5.10 Å². The van der Waals surface area contributed by atoms with E-state index in [2.05, 4.69) is 25.7 Å². The van der Waals surface area contributed by atoms with Crippen molar-refractivity contribution in [2.45, 2.75) is 17.3 Å². The van der Waals surface area contributed by atoms with E-state index in [9.17, 15) is 14.4 Å². The number of aromatic nitrogens is 4. The number of H-pyrrole nitrogens is 1. The number of amides is 3. The first kappa shape index (κ1) is 17.7. The molecule has 0 aliphatic rings. The Labute approximate surface area is 152 Å². The molecule has 0 aliphatic carbocycles. The van der Waals surface area contributed by atoms with Crippen LogP contribution in [0.3, 0.4) is 0 Å². The molecule has 0 saturated carbocycles. The van der Waals surface area contributed by atoms with Crippen LogP contribution >= 0.6 is 11.8 Å². The van der Waals surface area contributed by atoms with E-state index in [4.69, 9.17) is 0 Å². The number of benzene rings is 1. The molecule has 3 N–H and O–H groups in total. The number of hydrogen-bond donors (Lipinski definition) is 3. The lowest BCUT2D eigenvalue weighted by atomic mass is 10.3. The molecule has 0 radical (unpaired) electrons. The molecule has 26 heavy (non-hydrogen) atoms. The molecule has 3 rings (SSSR count). The normalized spacial score (nSPS) is 11.9. The van der Waals surface area contributed by atoms with Crippen LogP contribution in [0.2, 0.25) is 0 Å². The van der Waals surface area contributed by atoms with Crippen LogP contribution in [0.5, 0.6) is 0 Å². The van der Waals surface area contributed by atoms with Crippen molar-refractivity contribution in [1.29, 1.82) is 0 Å². The van der Waals surface area contributed by atoms with Crippen LogP contribution in [-0.2, 0) is 4.79 Å². The maximum Gasteiger partial charge on any atom is 0.321 e. The highest BCUT2D eigenvalue weighted by Crippen LogP contribution is 2.21. The third-order valence-corrected chi connectivity index (χ3v) is 4.52. The molecule has 0 spiro atoms. The summed E-state index contributed by atoms with van der Waals surface area (Å²) in [5.74, 6) is -0.492. The van der Waals surface area contributed by atoms with Crippen molar-refractivity contribution in [3.8, 4) is 5.69 Å². The number of carbonyl (C=O) groups is 2. The van der Waals surface area contributed by atoms with Gasteiger partial charge in [-0.15, -0.1) is 0 Å². The zero-order valence-corrected chi connectivity index (χ0v) is 14.8. The Morgan fingerprint density at radius 1 is 1.27 bits per heavy atom. The molecule has 2 heterocycles. The Balaban J connectivity index is 1.92. The van der Waals surface area contributed by atoms with Gasteiger partial charge in [-0.25, -0.2) is 14.5 Å². The zero-order chi connectivity index (χ0) is 18.7. The molecule has 0 fully saturated rings. The van der Waals surface area contributed by atoms with Gasteiger partial charge in [-0.1, -0.05) is 30.0 Å². The number of aromatic amines is 1. The van der Waals surface area contributed by atoms with Gasteiger partial charge >= 0.3 is 6.03 Å². The van der Waals surface area contributed by atoms with Crippen molar-refractivity contribution in [1.82, 2.24) is 30.4 Å². The van der Waals surface area contributed by atoms with Crippen LogP contribution in [0, 0.1) is 0 Å². The second-order valence-electron chi connectivity index (χ2n) is 5.33. The monoisotopic (exact) mass is 372 g/mol. The highest BCUT2D eigenvalue weighted by atomic mass is 32.2. The van der Waals surface area contributed by atoms with Gasteiger partial charge in [0.2, 0.25) is 5.91 Å². The average Bonchev–Trinajstić information content (AvgIpc) is 3.06. The van der Waals surface area contributed by atoms with Gasteiger partial charge in [0.15, 0.2) is 10.8 Å². The van der Waals surface area contributed by atoms with E-state index in [1.54, 1.807) is 11.6 Å². The molecule has 1 atom stereocenters. The van der Waals surface area contributed by atoms with Crippen LogP contribution in [0.15, 0.2) is 46.5 Å². The summed E-state index contributed by atoms with van der Waals surface area (Å²) in [5.41, 5.74) is 0.807. The number of nitrogens with zero attached hydrogens (tertiary/aromatic N) is 3. The molecule has 3 aromatic rings. The van der Waals surface area contributed by atoms with Crippen molar-refractivity contribution in [3.63, 3.8) is 0 Å². The number of carbonyl (C=O) groups excluding carboxylic acids is 2. The Bertz CT molecular complexity index is 1010. The number of rotatable bonds is 4. The average molecular weight is 372 g/mol. The quantitative estimate of drug-likeness (QED) is 0.465. The fourth-order valence-electron chi connectivity index (χ4n) is 2.21. The highest BCUT2D eigenvalue weighted by molar-refractivity contribution is 8.00. The summed E-state index contributed by atoms with van der Waals surface area (Å²) < 4.78 is 1.56. The molecule has 134 valence electrons. The minimum absolute atomic E-state index is 0.264. The number of thioether (sulfide) groups is 1. The van der Waals surface area contributed by atoms with Crippen molar-refractivity contribution >= 4 is 34.7 Å². The number of hydrogen-bond acceptors (Lipinski definition) is 6. The Kier molecular flexibility index (Phi) is 5.03. The van der Waals surface area contributed by atoms with Crippen LogP contribution in [0.25, 0.3) is 16.7 Å². The summed E-state index contributed by atoms with van der Waals surface area (Å²) in [6.07, 6.45) is 1.45. The van der Waals surface area contributed by atoms with Gasteiger partial charge in [0.25, 0.3) is 5.56 Å². The number of urea groups is 1. The van der Waals surface area contributed by atoms with E-state index in [1.807, 2.05) is 30.3 Å². The maximum atomic E-state index is 12.3. The van der Waals surface area contributed by atoms with Gasteiger partial charge in [0, 0.05) is 7.05 Å². The largest absolute Gasteiger partial charge is 0.341 e. The molecule has 0 bridgehead atoms. The topological polar surface area (TPSA) is 122 Å². The van der Waals surface area contributed by atoms with E-state index in [-0.39, 0.29) is 10.7 Å². The molecule has 10 heteroatoms. The van der Waals surface area contributed by atoms with Gasteiger partial charge in [-0.05, 0) is 19.1 Å². The van der Waals surface area contributed by atoms with Crippen molar-refractivity contribution in [3.05, 3.63) is 46.9 Å². The number of para-hydroxylation sites is 1. The van der Waals surface area contributed by atoms with Crippen molar-refractivity contribution in [2.75, 3.05) is 7.05 Å². The molecule has 9 nitrogen and oxygen atoms in total. The first-order valence-electron chi connectivity index (χ1n) is 7.72. The van der Waals surface area contributed by atoms with Gasteiger partial charge in [0.1, 0.15) is 5.39 Å². The Morgan fingerprint density at radius 2 is 2.00 bits per heavy atom. The lowest BCUT2D eigenvalue weighted by Gasteiger charge is -2.10. The third-order valence-electron chi connectivity index (χ3n) is 3.54. The SMILES string of the molecule is CNC(=O)NC(=O)[C@@H](C)Sc1nc2c(cnn2-c2ccccc2)c(=O)[nH]1. The molecule has 2 aromatic heterocycles. The minimum Gasteiger partial charge on any atom is -0.341 e. The first-order valence-corrected chi connectivity index (χ1v) is 8.60. The molecule has 0 unspecified atom stereocenters. The summed E-state index contributed by atoms with van der Waals surface area (Å²) in [6.45, 7) is 1.61. The lowest BCUT2D eigenvalue weighted by molar-refractivity contribution is -0.119. The van der Waals surface area contributed by atoms with Gasteiger partial charge in [-0.3, -0.25) is 14.9 Å². The smallest absolute Gasteiger partial charge is 0.321 e. The summed E-state index contributed by atoms with van der Waals surface area (Å²) in [6, 6.07) is 8.70. The van der Waals surface area contributed by atoms with E-state index >= 15 is 0 Å². The number of nitrogens with one attached hydrogen (secondary N) is 3. The second kappa shape index (κ2) is 7.40. The van der Waals surface area contributed by atoms with Crippen molar-refractivity contribution in [2.24, 2.45) is 0 Å². The fourth-order valence-corrected chi connectivity index (χ4v) is 3.00. The van der Waals surface area contributed by atoms with E-state index in [0.717, 1.165) is 17.4 Å². The summed E-state index contributed by atoms with van der Waals surface area (Å²) in [4.78, 5) is 42.6. The number of imide groups is 1. The zero-order valence-electron chi connectivity index (χ0n) is 14.0. The Morgan fingerprint density at radius 3 is 2.69 bits per heavy atom. The minimum atomic E-state index is -0.638. The fraction of sp³-hybridized carbons (Fsp3) is 0.188. The molecule has 0 aliphatic heterocycles. The summed E-state index contributed by atoms with van der Waals surface area (Å²) in [7, 11) is 1.41. The predicted molar refractivity (Wildman–Crippen MR) is 97.4 cm³/mol. The van der Waals surface area contributed by atoms with Crippen LogP contribution in [0.1, 0.15) is 6.92 Å². The van der Waals surface area contributed by atoms with Crippen LogP contribution in [-0.4, -0.2) is 44.0 Å². The second-order valence-corrected chi connectivity index (χ2v) is 6.66. The molecule has 1 aromatic carbocycles. The van der Waals surface area contributed by atoms with E-state index in [0.29, 0.717) is 11.0 Å². The highest BCUT2D eigenvalue weighted by Gasteiger charge is 2.19. The van der Waals surface area contributed by atoms with E-state index < -0.39 is 17.2 Å². The van der Waals surface area contributed by atoms with Gasteiger partial charge < -0.3 is 10.3 Å². The van der Waals surface area contributed by atoms with Crippen LogP contribution < -0.4 is 16.2 Å². The Hall–Kier alpha value is -3.14. The first-order chi connectivity index (χ1) is 12.5. The molecular formula is C16H16N6O3S. The van der Waals surface area contributed by atoms with E-state index in [1.165, 1.54) is 13.2 Å². The third kappa shape index (κ3) is 3.59. The predicted octanol–water partition coefficient (Wildman–Crippen LogP) is 1.04. The summed E-state index contributed by atoms with van der Waals surface area (Å²) >= 11 is 1.04. The molecular weight excluding hydrogens is 356 g/mol. The lowest BCUT2D eigenvalue weighted by Crippen LogP contribution is -2.41. The van der Waals surface area contributed by atoms with Crippen LogP contribution in [0.4, 0.5) is 4.79 Å².